The summed E-state index contributed by atoms with van der Waals surface area (Å²) in [7, 11) is 0. The number of nitrogens with one attached hydrogen (secondary N) is 1. The standard InChI is InChI=1S/C14H26N2O4/c1-2-9-16(10-11-17)13(20)15-14(12(18)19)7-5-3-4-6-8-14/h17H,2-11H2,1H3,(H,15,20)(H,18,19). The summed E-state index contributed by atoms with van der Waals surface area (Å²) < 4.78 is 0. The van der Waals surface area contributed by atoms with Gasteiger partial charge in [0, 0.05) is 13.1 Å². The van der Waals surface area contributed by atoms with E-state index in [1.165, 1.54) is 4.90 Å². The topological polar surface area (TPSA) is 89.9 Å². The van der Waals surface area contributed by atoms with Crippen molar-refractivity contribution >= 4 is 12.0 Å². The van der Waals surface area contributed by atoms with Gasteiger partial charge in [-0.25, -0.2) is 9.59 Å². The summed E-state index contributed by atoms with van der Waals surface area (Å²) in [6.45, 7) is 2.57. The monoisotopic (exact) mass is 286 g/mol. The summed E-state index contributed by atoms with van der Waals surface area (Å²) in [5, 5.41) is 21.2. The molecule has 0 radical (unpaired) electrons. The van der Waals surface area contributed by atoms with E-state index in [1.807, 2.05) is 6.92 Å². The van der Waals surface area contributed by atoms with Gasteiger partial charge in [0.25, 0.3) is 0 Å². The molecule has 6 heteroatoms. The Morgan fingerprint density at radius 1 is 1.15 bits per heavy atom. The fourth-order valence-corrected chi connectivity index (χ4v) is 2.71. The summed E-state index contributed by atoms with van der Waals surface area (Å²) in [5.41, 5.74) is -1.14. The SMILES string of the molecule is CCCN(CCO)C(=O)NC1(C(=O)O)CCCCCC1. The number of hydrogen-bond acceptors (Lipinski definition) is 3. The van der Waals surface area contributed by atoms with Crippen molar-refractivity contribution in [3.05, 3.63) is 0 Å². The number of urea groups is 1. The van der Waals surface area contributed by atoms with Gasteiger partial charge in [0.15, 0.2) is 0 Å². The van der Waals surface area contributed by atoms with E-state index in [9.17, 15) is 14.7 Å². The fourth-order valence-electron chi connectivity index (χ4n) is 2.71. The predicted octanol–water partition coefficient (Wildman–Crippen LogP) is 1.58. The van der Waals surface area contributed by atoms with Crippen molar-refractivity contribution in [1.82, 2.24) is 10.2 Å². The van der Waals surface area contributed by atoms with E-state index in [4.69, 9.17) is 5.11 Å². The third kappa shape index (κ3) is 4.37. The lowest BCUT2D eigenvalue weighted by molar-refractivity contribution is -0.145. The number of aliphatic hydroxyl groups excluding tert-OH is 1. The lowest BCUT2D eigenvalue weighted by Gasteiger charge is -2.32. The molecular formula is C14H26N2O4. The second kappa shape index (κ2) is 8.09. The Kier molecular flexibility index (Phi) is 6.78. The highest BCUT2D eigenvalue weighted by Gasteiger charge is 2.40. The lowest BCUT2D eigenvalue weighted by Crippen LogP contribution is -2.58. The molecule has 0 bridgehead atoms. The highest BCUT2D eigenvalue weighted by Crippen LogP contribution is 2.27. The number of amides is 2. The van der Waals surface area contributed by atoms with E-state index in [0.717, 1.165) is 32.1 Å². The maximum absolute atomic E-state index is 12.3. The molecule has 0 atom stereocenters. The number of carboxylic acid groups (broad SMARTS) is 1. The molecule has 0 aromatic carbocycles. The summed E-state index contributed by atoms with van der Waals surface area (Å²) >= 11 is 0. The average molecular weight is 286 g/mol. The number of carboxylic acids is 1. The molecule has 0 aliphatic heterocycles. The summed E-state index contributed by atoms with van der Waals surface area (Å²) in [5.74, 6) is -0.951. The van der Waals surface area contributed by atoms with Gasteiger partial charge in [0.1, 0.15) is 5.54 Å². The van der Waals surface area contributed by atoms with E-state index >= 15 is 0 Å². The number of nitrogens with zero attached hydrogens (tertiary/aromatic N) is 1. The van der Waals surface area contributed by atoms with Crippen LogP contribution < -0.4 is 5.32 Å². The van der Waals surface area contributed by atoms with E-state index < -0.39 is 11.5 Å². The molecule has 0 unspecified atom stereocenters. The summed E-state index contributed by atoms with van der Waals surface area (Å²) in [6.07, 6.45) is 5.40. The van der Waals surface area contributed by atoms with Gasteiger partial charge in [-0.05, 0) is 19.3 Å². The van der Waals surface area contributed by atoms with Crippen LogP contribution in [0.4, 0.5) is 4.79 Å². The Labute approximate surface area is 120 Å². The van der Waals surface area contributed by atoms with Crippen molar-refractivity contribution in [2.75, 3.05) is 19.7 Å². The molecule has 0 heterocycles. The van der Waals surface area contributed by atoms with Crippen LogP contribution in [0.1, 0.15) is 51.9 Å². The zero-order valence-electron chi connectivity index (χ0n) is 12.2. The van der Waals surface area contributed by atoms with E-state index in [0.29, 0.717) is 19.4 Å². The Morgan fingerprint density at radius 2 is 1.75 bits per heavy atom. The van der Waals surface area contributed by atoms with E-state index in [1.54, 1.807) is 0 Å². The Morgan fingerprint density at radius 3 is 2.20 bits per heavy atom. The second-order valence-corrected chi connectivity index (χ2v) is 5.44. The molecular weight excluding hydrogens is 260 g/mol. The van der Waals surface area contributed by atoms with Crippen LogP contribution in [0.15, 0.2) is 0 Å². The van der Waals surface area contributed by atoms with Gasteiger partial charge < -0.3 is 20.4 Å². The zero-order chi connectivity index (χ0) is 15.0. The van der Waals surface area contributed by atoms with Gasteiger partial charge in [-0.15, -0.1) is 0 Å². The molecule has 1 aliphatic carbocycles. The van der Waals surface area contributed by atoms with Crippen LogP contribution in [0.2, 0.25) is 0 Å². The van der Waals surface area contributed by atoms with Gasteiger partial charge in [-0.3, -0.25) is 0 Å². The number of rotatable bonds is 6. The molecule has 20 heavy (non-hydrogen) atoms. The molecule has 116 valence electrons. The maximum Gasteiger partial charge on any atom is 0.329 e. The molecule has 1 aliphatic rings. The summed E-state index contributed by atoms with van der Waals surface area (Å²) in [4.78, 5) is 25.4. The smallest absolute Gasteiger partial charge is 0.329 e. The predicted molar refractivity (Wildman–Crippen MR) is 75.6 cm³/mol. The second-order valence-electron chi connectivity index (χ2n) is 5.44. The molecule has 0 aromatic heterocycles. The molecule has 3 N–H and O–H groups in total. The van der Waals surface area contributed by atoms with Gasteiger partial charge in [0.05, 0.1) is 6.61 Å². The molecule has 2 amide bonds. The first-order chi connectivity index (χ1) is 9.55. The molecule has 1 fully saturated rings. The van der Waals surface area contributed by atoms with Crippen LogP contribution in [0.3, 0.4) is 0 Å². The minimum absolute atomic E-state index is 0.118. The van der Waals surface area contributed by atoms with Crippen LogP contribution in [0, 0.1) is 0 Å². The Bertz CT molecular complexity index is 319. The fraction of sp³-hybridized carbons (Fsp3) is 0.857. The number of aliphatic hydroxyl groups is 1. The number of carbonyl (C=O) groups is 2. The van der Waals surface area contributed by atoms with Crippen molar-refractivity contribution in [3.8, 4) is 0 Å². The molecule has 1 rings (SSSR count). The average Bonchev–Trinajstić information content (AvgIpc) is 2.65. The van der Waals surface area contributed by atoms with Crippen molar-refractivity contribution in [2.24, 2.45) is 0 Å². The van der Waals surface area contributed by atoms with E-state index in [2.05, 4.69) is 5.32 Å². The summed E-state index contributed by atoms with van der Waals surface area (Å²) in [6, 6.07) is -0.384. The minimum atomic E-state index is -1.14. The van der Waals surface area contributed by atoms with Gasteiger partial charge >= 0.3 is 12.0 Å². The minimum Gasteiger partial charge on any atom is -0.480 e. The van der Waals surface area contributed by atoms with Crippen molar-refractivity contribution in [3.63, 3.8) is 0 Å². The first-order valence-corrected chi connectivity index (χ1v) is 7.47. The van der Waals surface area contributed by atoms with Crippen LogP contribution in [0.25, 0.3) is 0 Å². The number of carbonyl (C=O) groups excluding carboxylic acids is 1. The van der Waals surface area contributed by atoms with Crippen LogP contribution in [-0.2, 0) is 4.79 Å². The van der Waals surface area contributed by atoms with Crippen molar-refractivity contribution in [1.29, 1.82) is 0 Å². The normalized spacial score (nSPS) is 18.1. The quantitative estimate of drug-likeness (QED) is 0.647. The van der Waals surface area contributed by atoms with Crippen molar-refractivity contribution in [2.45, 2.75) is 57.4 Å². The number of aliphatic carboxylic acids is 1. The molecule has 0 spiro atoms. The van der Waals surface area contributed by atoms with Gasteiger partial charge in [-0.2, -0.15) is 0 Å². The van der Waals surface area contributed by atoms with Crippen LogP contribution >= 0.6 is 0 Å². The largest absolute Gasteiger partial charge is 0.480 e. The Hall–Kier alpha value is -1.30. The first kappa shape index (κ1) is 16.8. The molecule has 6 nitrogen and oxygen atoms in total. The molecule has 0 aromatic rings. The lowest BCUT2D eigenvalue weighted by atomic mass is 9.90. The van der Waals surface area contributed by atoms with Gasteiger partial charge in [-0.1, -0.05) is 32.6 Å². The first-order valence-electron chi connectivity index (χ1n) is 7.47. The maximum atomic E-state index is 12.3. The number of hydrogen-bond donors (Lipinski definition) is 3. The molecule has 1 saturated carbocycles. The van der Waals surface area contributed by atoms with Crippen molar-refractivity contribution < 1.29 is 19.8 Å². The van der Waals surface area contributed by atoms with E-state index in [-0.39, 0.29) is 19.2 Å². The van der Waals surface area contributed by atoms with Crippen LogP contribution in [0.5, 0.6) is 0 Å². The van der Waals surface area contributed by atoms with Crippen LogP contribution in [-0.4, -0.2) is 52.3 Å². The highest BCUT2D eigenvalue weighted by atomic mass is 16.4. The Balaban J connectivity index is 2.77. The zero-order valence-corrected chi connectivity index (χ0v) is 12.2. The third-order valence-electron chi connectivity index (χ3n) is 3.86. The van der Waals surface area contributed by atoms with Gasteiger partial charge in [0.2, 0.25) is 0 Å². The highest BCUT2D eigenvalue weighted by molar-refractivity contribution is 5.86. The molecule has 0 saturated heterocycles. The third-order valence-corrected chi connectivity index (χ3v) is 3.86.